The molecule has 0 fully saturated rings. The van der Waals surface area contributed by atoms with Crippen molar-refractivity contribution in [3.63, 3.8) is 0 Å². The van der Waals surface area contributed by atoms with Crippen LogP contribution in [0.4, 0.5) is 0 Å². The molecule has 0 saturated carbocycles. The van der Waals surface area contributed by atoms with Crippen molar-refractivity contribution >= 4 is 5.91 Å². The fourth-order valence-electron chi connectivity index (χ4n) is 1.95. The van der Waals surface area contributed by atoms with Crippen LogP contribution in [0.15, 0.2) is 54.6 Å². The molecule has 2 aromatic rings. The molecule has 0 bridgehead atoms. The molecule has 0 aliphatic heterocycles. The first-order valence-corrected chi connectivity index (χ1v) is 6.30. The van der Waals surface area contributed by atoms with Gasteiger partial charge in [0.2, 0.25) is 5.91 Å². The Labute approximate surface area is 113 Å². The zero-order chi connectivity index (χ0) is 13.7. The monoisotopic (exact) mass is 254 g/mol. The average molecular weight is 254 g/mol. The minimum Gasteiger partial charge on any atom is -0.368 e. The zero-order valence-corrected chi connectivity index (χ0v) is 11.0. The van der Waals surface area contributed by atoms with Crippen LogP contribution in [0.1, 0.15) is 22.7 Å². The van der Waals surface area contributed by atoms with E-state index < -0.39 is 6.04 Å². The van der Waals surface area contributed by atoms with Crippen LogP contribution in [0.3, 0.4) is 0 Å². The van der Waals surface area contributed by atoms with Crippen LogP contribution in [0.2, 0.25) is 0 Å². The normalized spacial score (nSPS) is 12.1. The van der Waals surface area contributed by atoms with Crippen LogP contribution in [0.5, 0.6) is 0 Å². The third-order valence-electron chi connectivity index (χ3n) is 3.05. The van der Waals surface area contributed by atoms with E-state index in [4.69, 9.17) is 5.73 Å². The predicted octanol–water partition coefficient (Wildman–Crippen LogP) is 2.31. The maximum atomic E-state index is 11.5. The van der Waals surface area contributed by atoms with Crippen molar-refractivity contribution in [3.05, 3.63) is 71.3 Å². The van der Waals surface area contributed by atoms with Gasteiger partial charge in [-0.3, -0.25) is 10.1 Å². The van der Waals surface area contributed by atoms with Gasteiger partial charge in [0.15, 0.2) is 0 Å². The molecule has 0 aliphatic carbocycles. The lowest BCUT2D eigenvalue weighted by molar-refractivity contribution is -0.120. The summed E-state index contributed by atoms with van der Waals surface area (Å²) in [6.45, 7) is 2.66. The van der Waals surface area contributed by atoms with Gasteiger partial charge >= 0.3 is 0 Å². The van der Waals surface area contributed by atoms with Crippen molar-refractivity contribution < 1.29 is 4.79 Å². The summed E-state index contributed by atoms with van der Waals surface area (Å²) in [5.74, 6) is -0.363. The maximum Gasteiger partial charge on any atom is 0.239 e. The number of amides is 1. The van der Waals surface area contributed by atoms with Gasteiger partial charge in [0.1, 0.15) is 6.04 Å². The van der Waals surface area contributed by atoms with Crippen LogP contribution in [-0.2, 0) is 11.3 Å². The lowest BCUT2D eigenvalue weighted by Crippen LogP contribution is -2.33. The predicted molar refractivity (Wildman–Crippen MR) is 76.4 cm³/mol. The summed E-state index contributed by atoms with van der Waals surface area (Å²) < 4.78 is 0. The molecule has 19 heavy (non-hydrogen) atoms. The van der Waals surface area contributed by atoms with E-state index >= 15 is 0 Å². The van der Waals surface area contributed by atoms with E-state index in [9.17, 15) is 4.79 Å². The van der Waals surface area contributed by atoms with Gasteiger partial charge in [-0.25, -0.2) is 0 Å². The van der Waals surface area contributed by atoms with E-state index in [-0.39, 0.29) is 5.91 Å². The molecule has 2 aromatic carbocycles. The quantitative estimate of drug-likeness (QED) is 0.860. The van der Waals surface area contributed by atoms with Gasteiger partial charge < -0.3 is 5.73 Å². The van der Waals surface area contributed by atoms with Gasteiger partial charge in [0.05, 0.1) is 0 Å². The first kappa shape index (κ1) is 13.3. The number of primary amides is 1. The van der Waals surface area contributed by atoms with Gasteiger partial charge in [-0.15, -0.1) is 0 Å². The molecule has 0 aliphatic rings. The second kappa shape index (κ2) is 6.16. The second-order valence-electron chi connectivity index (χ2n) is 4.61. The molecule has 98 valence electrons. The number of nitrogens with one attached hydrogen (secondary N) is 1. The first-order chi connectivity index (χ1) is 9.16. The van der Waals surface area contributed by atoms with Crippen LogP contribution >= 0.6 is 0 Å². The minimum absolute atomic E-state index is 0.363. The molecule has 0 saturated heterocycles. The molecule has 2 rings (SSSR count). The van der Waals surface area contributed by atoms with Crippen LogP contribution in [0.25, 0.3) is 0 Å². The average Bonchev–Trinajstić information content (AvgIpc) is 2.42. The molecule has 3 heteroatoms. The Balaban J connectivity index is 2.06. The number of hydrogen-bond donors (Lipinski definition) is 2. The van der Waals surface area contributed by atoms with Crippen molar-refractivity contribution in [1.82, 2.24) is 5.32 Å². The van der Waals surface area contributed by atoms with Crippen molar-refractivity contribution in [3.8, 4) is 0 Å². The summed E-state index contributed by atoms with van der Waals surface area (Å²) in [6.07, 6.45) is 0. The summed E-state index contributed by atoms with van der Waals surface area (Å²) in [7, 11) is 0. The van der Waals surface area contributed by atoms with Crippen LogP contribution in [-0.4, -0.2) is 5.91 Å². The molecule has 0 aromatic heterocycles. The number of aryl methyl sites for hydroxylation is 1. The highest BCUT2D eigenvalue weighted by Gasteiger charge is 2.16. The number of hydrogen-bond acceptors (Lipinski definition) is 2. The van der Waals surface area contributed by atoms with Gasteiger partial charge in [-0.1, -0.05) is 60.2 Å². The van der Waals surface area contributed by atoms with Gasteiger partial charge in [0.25, 0.3) is 0 Å². The number of rotatable bonds is 5. The highest BCUT2D eigenvalue weighted by Crippen LogP contribution is 2.13. The fourth-order valence-corrected chi connectivity index (χ4v) is 1.95. The fraction of sp³-hybridized carbons (Fsp3) is 0.188. The SMILES string of the molecule is Cc1ccc(CN[C@H](C(N)=O)c2ccccc2)cc1. The maximum absolute atomic E-state index is 11.5. The van der Waals surface area contributed by atoms with Crippen LogP contribution in [0, 0.1) is 6.92 Å². The van der Waals surface area contributed by atoms with E-state index in [1.165, 1.54) is 5.56 Å². The topological polar surface area (TPSA) is 55.1 Å². The summed E-state index contributed by atoms with van der Waals surface area (Å²) >= 11 is 0. The highest BCUT2D eigenvalue weighted by atomic mass is 16.1. The van der Waals surface area contributed by atoms with Crippen molar-refractivity contribution in [1.29, 1.82) is 0 Å². The van der Waals surface area contributed by atoms with Crippen molar-refractivity contribution in [2.75, 3.05) is 0 Å². The summed E-state index contributed by atoms with van der Waals surface area (Å²) in [4.78, 5) is 11.5. The largest absolute Gasteiger partial charge is 0.368 e. The Morgan fingerprint density at radius 3 is 2.32 bits per heavy atom. The smallest absolute Gasteiger partial charge is 0.239 e. The summed E-state index contributed by atoms with van der Waals surface area (Å²) in [6, 6.07) is 17.3. The lowest BCUT2D eigenvalue weighted by Gasteiger charge is -2.16. The van der Waals surface area contributed by atoms with Gasteiger partial charge in [-0.05, 0) is 18.1 Å². The number of carbonyl (C=O) groups is 1. The third-order valence-corrected chi connectivity index (χ3v) is 3.05. The molecule has 0 heterocycles. The zero-order valence-electron chi connectivity index (χ0n) is 11.0. The molecule has 0 radical (unpaired) electrons. The summed E-state index contributed by atoms with van der Waals surface area (Å²) in [5, 5.41) is 3.20. The molecule has 1 atom stereocenters. The van der Waals surface area contributed by atoms with E-state index in [1.807, 2.05) is 49.4 Å². The Morgan fingerprint density at radius 1 is 1.11 bits per heavy atom. The Morgan fingerprint density at radius 2 is 1.74 bits per heavy atom. The Kier molecular flexibility index (Phi) is 4.31. The molecular formula is C16H18N2O. The minimum atomic E-state index is -0.456. The molecule has 0 spiro atoms. The molecule has 0 unspecified atom stereocenters. The molecule has 1 amide bonds. The Bertz CT molecular complexity index is 534. The summed E-state index contributed by atoms with van der Waals surface area (Å²) in [5.41, 5.74) is 8.70. The second-order valence-corrected chi connectivity index (χ2v) is 4.61. The standard InChI is InChI=1S/C16H18N2O/c1-12-7-9-13(10-8-12)11-18-15(16(17)19)14-5-3-2-4-6-14/h2-10,15,18H,11H2,1H3,(H2,17,19)/t15-/m0/s1. The molecule has 3 nitrogen and oxygen atoms in total. The number of nitrogens with two attached hydrogens (primary N) is 1. The van der Waals surface area contributed by atoms with Crippen molar-refractivity contribution in [2.24, 2.45) is 5.73 Å². The van der Waals surface area contributed by atoms with E-state index in [1.54, 1.807) is 0 Å². The van der Waals surface area contributed by atoms with Gasteiger partial charge in [-0.2, -0.15) is 0 Å². The first-order valence-electron chi connectivity index (χ1n) is 6.30. The Hall–Kier alpha value is -2.13. The van der Waals surface area contributed by atoms with E-state index in [2.05, 4.69) is 17.4 Å². The van der Waals surface area contributed by atoms with E-state index in [0.717, 1.165) is 11.1 Å². The lowest BCUT2D eigenvalue weighted by atomic mass is 10.1. The molecular weight excluding hydrogens is 236 g/mol. The van der Waals surface area contributed by atoms with E-state index in [0.29, 0.717) is 6.54 Å². The van der Waals surface area contributed by atoms with Crippen molar-refractivity contribution in [2.45, 2.75) is 19.5 Å². The number of carbonyl (C=O) groups excluding carboxylic acids is 1. The van der Waals surface area contributed by atoms with Crippen LogP contribution < -0.4 is 11.1 Å². The third kappa shape index (κ3) is 3.66. The number of benzene rings is 2. The van der Waals surface area contributed by atoms with Gasteiger partial charge in [0, 0.05) is 6.54 Å². The molecule has 3 N–H and O–H groups in total. The highest BCUT2D eigenvalue weighted by molar-refractivity contribution is 5.81.